The fourth-order valence-electron chi connectivity index (χ4n) is 3.45. The maximum atomic E-state index is 13.4. The van der Waals surface area contributed by atoms with Crippen LogP contribution in [0.1, 0.15) is 26.3 Å². The number of esters is 1. The topological polar surface area (TPSA) is 105 Å². The number of rotatable bonds is 7. The summed E-state index contributed by atoms with van der Waals surface area (Å²) in [4.78, 5) is 28.1. The third-order valence-electron chi connectivity index (χ3n) is 5.04. The highest BCUT2D eigenvalue weighted by molar-refractivity contribution is 7.92. The van der Waals surface area contributed by atoms with Gasteiger partial charge >= 0.3 is 5.97 Å². The molecular weight excluding hydrogens is 447 g/mol. The molecule has 0 aliphatic carbocycles. The number of ether oxygens (including phenoxy) is 1. The zero-order chi connectivity index (χ0) is 23.6. The number of carbonyl (C=O) groups excluding carboxylic acids is 2. The Labute approximate surface area is 189 Å². The number of aromatic nitrogens is 1. The van der Waals surface area contributed by atoms with Gasteiger partial charge in [-0.05, 0) is 48.9 Å². The summed E-state index contributed by atoms with van der Waals surface area (Å²) in [5, 5.41) is 0.710. The summed E-state index contributed by atoms with van der Waals surface area (Å²) >= 11 is 0. The number of aromatic amines is 1. The van der Waals surface area contributed by atoms with Gasteiger partial charge in [0.15, 0.2) is 6.61 Å². The first kappa shape index (κ1) is 22.2. The van der Waals surface area contributed by atoms with Gasteiger partial charge in [0, 0.05) is 22.7 Å². The Morgan fingerprint density at radius 3 is 2.52 bits per heavy atom. The van der Waals surface area contributed by atoms with Crippen LogP contribution in [0.25, 0.3) is 10.9 Å². The van der Waals surface area contributed by atoms with Gasteiger partial charge in [0.25, 0.3) is 10.0 Å². The molecule has 7 nitrogen and oxygen atoms in total. The molecule has 0 fully saturated rings. The van der Waals surface area contributed by atoms with Crippen LogP contribution in [0.15, 0.2) is 77.8 Å². The quantitative estimate of drug-likeness (QED) is 0.309. The second-order valence-electron chi connectivity index (χ2n) is 7.31. The molecule has 4 aromatic rings. The van der Waals surface area contributed by atoms with E-state index in [4.69, 9.17) is 4.74 Å². The van der Waals surface area contributed by atoms with Crippen LogP contribution in [0.2, 0.25) is 0 Å². The number of anilines is 1. The van der Waals surface area contributed by atoms with E-state index in [1.807, 2.05) is 12.1 Å². The summed E-state index contributed by atoms with van der Waals surface area (Å²) in [6.45, 7) is 0.951. The van der Waals surface area contributed by atoms with Crippen LogP contribution in [0.4, 0.5) is 10.1 Å². The number of sulfonamides is 1. The molecule has 0 atom stereocenters. The maximum Gasteiger partial charge on any atom is 0.340 e. The summed E-state index contributed by atoms with van der Waals surface area (Å²) < 4.78 is 46.5. The van der Waals surface area contributed by atoms with E-state index in [0.29, 0.717) is 10.9 Å². The molecule has 0 amide bonds. The zero-order valence-corrected chi connectivity index (χ0v) is 18.3. The van der Waals surface area contributed by atoms with E-state index < -0.39 is 34.2 Å². The van der Waals surface area contributed by atoms with Gasteiger partial charge in [0.2, 0.25) is 5.78 Å². The van der Waals surface area contributed by atoms with Crippen molar-refractivity contribution in [2.24, 2.45) is 0 Å². The molecular formula is C24H19FN2O5S. The number of ketones is 1. The van der Waals surface area contributed by atoms with Gasteiger partial charge in [0.1, 0.15) is 5.82 Å². The van der Waals surface area contributed by atoms with E-state index in [2.05, 4.69) is 9.71 Å². The number of benzene rings is 3. The lowest BCUT2D eigenvalue weighted by atomic mass is 10.1. The van der Waals surface area contributed by atoms with Gasteiger partial charge in [-0.3, -0.25) is 9.52 Å². The van der Waals surface area contributed by atoms with Crippen LogP contribution in [-0.4, -0.2) is 31.8 Å². The van der Waals surface area contributed by atoms with Crippen LogP contribution in [0, 0.1) is 12.7 Å². The van der Waals surface area contributed by atoms with Crippen molar-refractivity contribution in [2.75, 3.05) is 11.3 Å². The van der Waals surface area contributed by atoms with Crippen molar-refractivity contribution >= 4 is 38.4 Å². The predicted molar refractivity (Wildman–Crippen MR) is 121 cm³/mol. The molecule has 1 aromatic heterocycles. The third-order valence-corrected chi connectivity index (χ3v) is 6.57. The number of halogens is 1. The SMILES string of the molecule is Cc1cc(F)ccc1S(=O)(=O)Nc1ccccc1C(=O)OCC(=O)c1c[nH]c2ccccc12. The number of hydrogen-bond acceptors (Lipinski definition) is 5. The highest BCUT2D eigenvalue weighted by Gasteiger charge is 2.22. The predicted octanol–water partition coefficient (Wildman–Crippen LogP) is 4.46. The molecule has 0 saturated heterocycles. The van der Waals surface area contributed by atoms with Crippen LogP contribution >= 0.6 is 0 Å². The standard InChI is InChI=1S/C24H19FN2O5S/c1-15-12-16(25)10-11-23(15)33(30,31)27-21-9-5-3-7-18(21)24(29)32-14-22(28)19-13-26-20-8-4-2-6-17(19)20/h2-13,26-27H,14H2,1H3. The zero-order valence-electron chi connectivity index (χ0n) is 17.5. The van der Waals surface area contributed by atoms with Crippen molar-refractivity contribution in [1.82, 2.24) is 4.98 Å². The summed E-state index contributed by atoms with van der Waals surface area (Å²) in [7, 11) is -4.10. The Morgan fingerprint density at radius 2 is 1.73 bits per heavy atom. The summed E-state index contributed by atoms with van der Waals surface area (Å²) in [6.07, 6.45) is 1.55. The van der Waals surface area contributed by atoms with E-state index in [1.165, 1.54) is 19.1 Å². The smallest absolute Gasteiger partial charge is 0.340 e. The first-order chi connectivity index (χ1) is 15.8. The monoisotopic (exact) mass is 466 g/mol. The van der Waals surface area contributed by atoms with E-state index >= 15 is 0 Å². The highest BCUT2D eigenvalue weighted by Crippen LogP contribution is 2.24. The van der Waals surface area contributed by atoms with Gasteiger partial charge in [-0.25, -0.2) is 17.6 Å². The van der Waals surface area contributed by atoms with Gasteiger partial charge < -0.3 is 9.72 Å². The Morgan fingerprint density at radius 1 is 1.00 bits per heavy atom. The van der Waals surface area contributed by atoms with Crippen molar-refractivity contribution in [3.05, 3.63) is 95.4 Å². The molecule has 0 aliphatic rings. The largest absolute Gasteiger partial charge is 0.454 e. The van der Waals surface area contributed by atoms with Crippen LogP contribution < -0.4 is 4.72 Å². The number of hydrogen-bond donors (Lipinski definition) is 2. The summed E-state index contributed by atoms with van der Waals surface area (Å²) in [5.74, 6) is -1.83. The van der Waals surface area contributed by atoms with Crippen LogP contribution in [-0.2, 0) is 14.8 Å². The molecule has 0 radical (unpaired) electrons. The first-order valence-electron chi connectivity index (χ1n) is 9.91. The third kappa shape index (κ3) is 4.63. The second kappa shape index (κ2) is 8.87. The Kier molecular flexibility index (Phi) is 5.97. The number of H-pyrrole nitrogens is 1. The molecule has 0 aliphatic heterocycles. The number of carbonyl (C=O) groups is 2. The average molecular weight is 466 g/mol. The van der Waals surface area contributed by atoms with Crippen LogP contribution in [0.3, 0.4) is 0 Å². The fraction of sp³-hybridized carbons (Fsp3) is 0.0833. The molecule has 0 bridgehead atoms. The van der Waals surface area contributed by atoms with Gasteiger partial charge in [-0.2, -0.15) is 0 Å². The minimum Gasteiger partial charge on any atom is -0.454 e. The minimum absolute atomic E-state index is 0.0224. The highest BCUT2D eigenvalue weighted by atomic mass is 32.2. The molecule has 3 aromatic carbocycles. The fourth-order valence-corrected chi connectivity index (χ4v) is 4.76. The number of para-hydroxylation sites is 2. The Bertz CT molecular complexity index is 1480. The van der Waals surface area contributed by atoms with Crippen molar-refractivity contribution in [3.8, 4) is 0 Å². The number of fused-ring (bicyclic) bond motifs is 1. The lowest BCUT2D eigenvalue weighted by Crippen LogP contribution is -2.19. The summed E-state index contributed by atoms with van der Waals surface area (Å²) in [6, 6.07) is 16.4. The van der Waals surface area contributed by atoms with Gasteiger partial charge in [-0.1, -0.05) is 30.3 Å². The molecule has 0 saturated carbocycles. The van der Waals surface area contributed by atoms with E-state index in [-0.39, 0.29) is 21.7 Å². The number of Topliss-reactive ketones (excluding diaryl/α,β-unsaturated/α-hetero) is 1. The Balaban J connectivity index is 1.52. The lowest BCUT2D eigenvalue weighted by Gasteiger charge is -2.13. The summed E-state index contributed by atoms with van der Waals surface area (Å²) in [5.41, 5.74) is 1.30. The minimum atomic E-state index is -4.10. The molecule has 0 spiro atoms. The first-order valence-corrected chi connectivity index (χ1v) is 11.4. The van der Waals surface area contributed by atoms with Gasteiger partial charge in [-0.15, -0.1) is 0 Å². The van der Waals surface area contributed by atoms with Crippen molar-refractivity contribution < 1.29 is 27.1 Å². The maximum absolute atomic E-state index is 13.4. The molecule has 9 heteroatoms. The van der Waals surface area contributed by atoms with Crippen molar-refractivity contribution in [2.45, 2.75) is 11.8 Å². The lowest BCUT2D eigenvalue weighted by molar-refractivity contribution is 0.0476. The van der Waals surface area contributed by atoms with E-state index in [1.54, 1.807) is 30.5 Å². The molecule has 168 valence electrons. The average Bonchev–Trinajstić information content (AvgIpc) is 3.21. The number of aryl methyl sites for hydroxylation is 1. The molecule has 1 heterocycles. The van der Waals surface area contributed by atoms with Crippen molar-refractivity contribution in [1.29, 1.82) is 0 Å². The van der Waals surface area contributed by atoms with E-state index in [0.717, 1.165) is 23.7 Å². The molecule has 4 rings (SSSR count). The molecule has 2 N–H and O–H groups in total. The number of nitrogens with one attached hydrogen (secondary N) is 2. The van der Waals surface area contributed by atoms with Crippen LogP contribution in [0.5, 0.6) is 0 Å². The van der Waals surface area contributed by atoms with E-state index in [9.17, 15) is 22.4 Å². The van der Waals surface area contributed by atoms with Crippen molar-refractivity contribution in [3.63, 3.8) is 0 Å². The normalized spacial score (nSPS) is 11.3. The molecule has 0 unspecified atom stereocenters. The second-order valence-corrected chi connectivity index (χ2v) is 8.96. The van der Waals surface area contributed by atoms with Gasteiger partial charge in [0.05, 0.1) is 16.1 Å². The molecule has 33 heavy (non-hydrogen) atoms. The Hall–Kier alpha value is -3.98.